The lowest BCUT2D eigenvalue weighted by Crippen LogP contribution is -2.57. The summed E-state index contributed by atoms with van der Waals surface area (Å²) in [6, 6.07) is 0. The zero-order valence-electron chi connectivity index (χ0n) is 8.80. The van der Waals surface area contributed by atoms with Gasteiger partial charge in [-0.15, -0.1) is 0 Å². The first-order valence-electron chi connectivity index (χ1n) is 5.08. The fourth-order valence-electron chi connectivity index (χ4n) is 1.79. The molecule has 2 rings (SSSR count). The molecule has 90 valence electrons. The van der Waals surface area contributed by atoms with Gasteiger partial charge in [-0.2, -0.15) is 5.01 Å². The molecular weight excluding hydrogens is 228 g/mol. The van der Waals surface area contributed by atoms with Gasteiger partial charge in [0.05, 0.1) is 0 Å². The molecule has 7 heteroatoms. The molecule has 0 saturated heterocycles. The highest BCUT2D eigenvalue weighted by atomic mass is 16.4. The van der Waals surface area contributed by atoms with E-state index in [-0.39, 0.29) is 12.8 Å². The molecule has 1 aliphatic carbocycles. The first-order valence-corrected chi connectivity index (χ1v) is 5.08. The number of nitrogens with one attached hydrogen (secondary N) is 1. The number of hydrogen-bond donors (Lipinski definition) is 2. The van der Waals surface area contributed by atoms with Crippen LogP contribution in [0.15, 0.2) is 12.2 Å². The smallest absolute Gasteiger partial charge is 0.319 e. The van der Waals surface area contributed by atoms with Crippen LogP contribution in [0.1, 0.15) is 19.3 Å². The molecule has 1 heterocycles. The van der Waals surface area contributed by atoms with Gasteiger partial charge in [0.2, 0.25) is 0 Å². The Kier molecular flexibility index (Phi) is 2.45. The Morgan fingerprint density at radius 2 is 1.76 bits per heavy atom. The van der Waals surface area contributed by atoms with Gasteiger partial charge >= 0.3 is 5.97 Å². The fourth-order valence-corrected chi connectivity index (χ4v) is 1.79. The predicted molar refractivity (Wildman–Crippen MR) is 53.1 cm³/mol. The van der Waals surface area contributed by atoms with Gasteiger partial charge < -0.3 is 5.11 Å². The third-order valence-corrected chi connectivity index (χ3v) is 3.07. The van der Waals surface area contributed by atoms with Crippen LogP contribution in [0.4, 0.5) is 0 Å². The molecule has 3 amide bonds. The minimum Gasteiger partial charge on any atom is -0.480 e. The zero-order valence-corrected chi connectivity index (χ0v) is 8.80. The monoisotopic (exact) mass is 238 g/mol. The van der Waals surface area contributed by atoms with E-state index in [9.17, 15) is 19.2 Å². The summed E-state index contributed by atoms with van der Waals surface area (Å²) >= 11 is 0. The number of amides is 3. The number of aliphatic carboxylic acids is 1. The van der Waals surface area contributed by atoms with Gasteiger partial charge in [-0.25, -0.2) is 0 Å². The van der Waals surface area contributed by atoms with Crippen LogP contribution in [0.2, 0.25) is 0 Å². The number of carbonyl (C=O) groups excluding carboxylic acids is 3. The highest BCUT2D eigenvalue weighted by Gasteiger charge is 2.52. The van der Waals surface area contributed by atoms with E-state index in [1.54, 1.807) is 0 Å². The summed E-state index contributed by atoms with van der Waals surface area (Å²) in [7, 11) is 0. The van der Waals surface area contributed by atoms with Crippen molar-refractivity contribution in [3.63, 3.8) is 0 Å². The largest absolute Gasteiger partial charge is 0.480 e. The normalized spacial score (nSPS) is 21.3. The molecule has 17 heavy (non-hydrogen) atoms. The van der Waals surface area contributed by atoms with Gasteiger partial charge in [0.25, 0.3) is 17.7 Å². The van der Waals surface area contributed by atoms with E-state index in [2.05, 4.69) is 5.43 Å². The fraction of sp³-hybridized carbons (Fsp3) is 0.400. The van der Waals surface area contributed by atoms with E-state index in [1.165, 1.54) is 0 Å². The summed E-state index contributed by atoms with van der Waals surface area (Å²) in [5.41, 5.74) is 0.558. The van der Waals surface area contributed by atoms with Crippen molar-refractivity contribution in [2.45, 2.75) is 19.3 Å². The third-order valence-electron chi connectivity index (χ3n) is 3.07. The van der Waals surface area contributed by atoms with E-state index in [1.807, 2.05) is 0 Å². The van der Waals surface area contributed by atoms with Crippen molar-refractivity contribution in [2.75, 3.05) is 0 Å². The summed E-state index contributed by atoms with van der Waals surface area (Å²) in [5, 5.41) is 9.51. The van der Waals surface area contributed by atoms with Crippen LogP contribution < -0.4 is 5.43 Å². The molecule has 0 radical (unpaired) electrons. The molecule has 0 bridgehead atoms. The molecule has 0 unspecified atom stereocenters. The van der Waals surface area contributed by atoms with Crippen molar-refractivity contribution in [3.05, 3.63) is 12.2 Å². The van der Waals surface area contributed by atoms with Gasteiger partial charge in [-0.3, -0.25) is 24.6 Å². The molecule has 0 atom stereocenters. The Morgan fingerprint density at radius 3 is 2.12 bits per heavy atom. The lowest BCUT2D eigenvalue weighted by molar-refractivity contribution is -0.167. The molecule has 0 aromatic rings. The maximum Gasteiger partial charge on any atom is 0.319 e. The van der Waals surface area contributed by atoms with E-state index < -0.39 is 29.1 Å². The van der Waals surface area contributed by atoms with E-state index in [4.69, 9.17) is 5.11 Å². The predicted octanol–water partition coefficient (Wildman–Crippen LogP) is -0.803. The van der Waals surface area contributed by atoms with Crippen LogP contribution >= 0.6 is 0 Å². The van der Waals surface area contributed by atoms with E-state index >= 15 is 0 Å². The molecule has 2 N–H and O–H groups in total. The van der Waals surface area contributed by atoms with Gasteiger partial charge in [0.1, 0.15) is 5.41 Å². The molecule has 0 aromatic heterocycles. The van der Waals surface area contributed by atoms with Gasteiger partial charge in [0, 0.05) is 12.2 Å². The first-order chi connectivity index (χ1) is 7.97. The van der Waals surface area contributed by atoms with Crippen LogP contribution in [0, 0.1) is 5.41 Å². The minimum absolute atomic E-state index is 0.220. The molecule has 1 aliphatic heterocycles. The Hall–Kier alpha value is -2.18. The molecule has 0 spiro atoms. The Balaban J connectivity index is 2.09. The maximum absolute atomic E-state index is 11.8. The summed E-state index contributed by atoms with van der Waals surface area (Å²) in [5.74, 6) is -3.40. The van der Waals surface area contributed by atoms with Crippen LogP contribution in [-0.4, -0.2) is 33.8 Å². The number of imide groups is 1. The van der Waals surface area contributed by atoms with Crippen LogP contribution in [0.3, 0.4) is 0 Å². The van der Waals surface area contributed by atoms with Crippen LogP contribution in [-0.2, 0) is 19.2 Å². The lowest BCUT2D eigenvalue weighted by atomic mass is 9.68. The number of carboxylic acids is 1. The zero-order chi connectivity index (χ0) is 12.6. The van der Waals surface area contributed by atoms with E-state index in [0.717, 1.165) is 12.2 Å². The van der Waals surface area contributed by atoms with Crippen molar-refractivity contribution in [2.24, 2.45) is 5.41 Å². The maximum atomic E-state index is 11.8. The summed E-state index contributed by atoms with van der Waals surface area (Å²) in [4.78, 5) is 45.1. The lowest BCUT2D eigenvalue weighted by Gasteiger charge is -2.36. The van der Waals surface area contributed by atoms with Crippen LogP contribution in [0.25, 0.3) is 0 Å². The molecule has 1 saturated carbocycles. The van der Waals surface area contributed by atoms with Crippen molar-refractivity contribution in [1.29, 1.82) is 0 Å². The number of hydrogen-bond acceptors (Lipinski definition) is 4. The Bertz CT molecular complexity index is 432. The van der Waals surface area contributed by atoms with Gasteiger partial charge in [-0.05, 0) is 12.8 Å². The van der Waals surface area contributed by atoms with Crippen molar-refractivity contribution < 1.29 is 24.3 Å². The second-order valence-electron chi connectivity index (χ2n) is 4.03. The number of nitrogens with zero attached hydrogens (tertiary/aromatic N) is 1. The van der Waals surface area contributed by atoms with Gasteiger partial charge in [-0.1, -0.05) is 6.42 Å². The minimum atomic E-state index is -1.50. The van der Waals surface area contributed by atoms with E-state index in [0.29, 0.717) is 11.4 Å². The first kappa shape index (κ1) is 11.3. The average molecular weight is 238 g/mol. The quantitative estimate of drug-likeness (QED) is 0.494. The topological polar surface area (TPSA) is 104 Å². The summed E-state index contributed by atoms with van der Waals surface area (Å²) < 4.78 is 0. The standard InChI is InChI=1S/C10H10N2O5/c13-6-2-3-7(14)12(6)11-8(15)10(9(16)17)4-1-5-10/h2-3H,1,4-5H2,(H,11,15)(H,16,17). The Morgan fingerprint density at radius 1 is 1.24 bits per heavy atom. The number of rotatable bonds is 3. The number of carboxylic acid groups (broad SMARTS) is 1. The van der Waals surface area contributed by atoms with Gasteiger partial charge in [0.15, 0.2) is 0 Å². The molecule has 7 nitrogen and oxygen atoms in total. The molecule has 1 fully saturated rings. The second kappa shape index (κ2) is 3.69. The van der Waals surface area contributed by atoms with Crippen molar-refractivity contribution >= 4 is 23.7 Å². The Labute approximate surface area is 96.0 Å². The second-order valence-corrected chi connectivity index (χ2v) is 4.03. The summed E-state index contributed by atoms with van der Waals surface area (Å²) in [6.45, 7) is 0. The molecule has 2 aliphatic rings. The van der Waals surface area contributed by atoms with Crippen molar-refractivity contribution in [3.8, 4) is 0 Å². The highest BCUT2D eigenvalue weighted by Crippen LogP contribution is 2.41. The number of carbonyl (C=O) groups is 4. The van der Waals surface area contributed by atoms with Crippen molar-refractivity contribution in [1.82, 2.24) is 10.4 Å². The average Bonchev–Trinajstić information content (AvgIpc) is 2.47. The van der Waals surface area contributed by atoms with Crippen LogP contribution in [0.5, 0.6) is 0 Å². The number of hydrazine groups is 1. The third kappa shape index (κ3) is 1.59. The summed E-state index contributed by atoms with van der Waals surface area (Å²) in [6.07, 6.45) is 3.10. The SMILES string of the molecule is O=C1C=CC(=O)N1NC(=O)C1(C(=O)O)CCC1. The molecule has 0 aromatic carbocycles. The highest BCUT2D eigenvalue weighted by molar-refractivity contribution is 6.14. The molecular formula is C10H10N2O5.